The van der Waals surface area contributed by atoms with Crippen LogP contribution in [0, 0.1) is 6.92 Å². The number of aromatic amines is 1. The highest BCUT2D eigenvalue weighted by Crippen LogP contribution is 2.13. The van der Waals surface area contributed by atoms with Crippen molar-refractivity contribution in [3.63, 3.8) is 0 Å². The van der Waals surface area contributed by atoms with E-state index >= 15 is 0 Å². The van der Waals surface area contributed by atoms with Crippen LogP contribution < -0.4 is 10.9 Å². The van der Waals surface area contributed by atoms with E-state index in [4.69, 9.17) is 0 Å². The molecule has 0 aliphatic rings. The Morgan fingerprint density at radius 1 is 1.43 bits per heavy atom. The maximum Gasteiger partial charge on any atom is 0.271 e. The molecule has 0 bridgehead atoms. The summed E-state index contributed by atoms with van der Waals surface area (Å²) in [5.41, 5.74) is -0.176. The Balaban J connectivity index is 1.59. The van der Waals surface area contributed by atoms with Crippen LogP contribution in [0.4, 0.5) is 0 Å². The van der Waals surface area contributed by atoms with Crippen LogP contribution in [-0.2, 0) is 6.42 Å². The summed E-state index contributed by atoms with van der Waals surface area (Å²) < 4.78 is 1.67. The fraction of sp³-hybridized carbons (Fsp3) is 0.273. The molecule has 1 amide bonds. The molecular weight excluding hydrogens is 294 g/mol. The number of nitrogens with one attached hydrogen (secondary N) is 2. The monoisotopic (exact) mass is 305 g/mol. The van der Waals surface area contributed by atoms with Gasteiger partial charge in [-0.15, -0.1) is 10.2 Å². The highest BCUT2D eigenvalue weighted by Gasteiger charge is 2.10. The van der Waals surface area contributed by atoms with Crippen molar-refractivity contribution in [3.05, 3.63) is 39.0 Å². The molecule has 0 fully saturated rings. The van der Waals surface area contributed by atoms with Crippen molar-refractivity contribution in [2.75, 3.05) is 6.54 Å². The number of hydrogen-bond acceptors (Lipinski definition) is 7. The Morgan fingerprint density at radius 2 is 2.29 bits per heavy atom. The quantitative estimate of drug-likeness (QED) is 0.674. The molecule has 3 aromatic rings. The smallest absolute Gasteiger partial charge is 0.271 e. The summed E-state index contributed by atoms with van der Waals surface area (Å²) in [7, 11) is 0. The van der Waals surface area contributed by atoms with Crippen LogP contribution in [0.2, 0.25) is 0 Å². The first-order valence-corrected chi connectivity index (χ1v) is 6.97. The topological polar surface area (TPSA) is 118 Å². The lowest BCUT2D eigenvalue weighted by Gasteiger charge is -2.01. The first-order chi connectivity index (χ1) is 10.1. The predicted molar refractivity (Wildman–Crippen MR) is 74.3 cm³/mol. The fourth-order valence-electron chi connectivity index (χ4n) is 1.70. The number of nitrogens with zero attached hydrogens (tertiary/aromatic N) is 5. The summed E-state index contributed by atoms with van der Waals surface area (Å²) in [6, 6.07) is 2.63. The van der Waals surface area contributed by atoms with Crippen molar-refractivity contribution < 1.29 is 4.79 Å². The zero-order chi connectivity index (χ0) is 14.8. The number of aryl methyl sites for hydroxylation is 1. The molecule has 9 nitrogen and oxygen atoms in total. The second kappa shape index (κ2) is 5.40. The summed E-state index contributed by atoms with van der Waals surface area (Å²) in [6.45, 7) is 2.25. The molecule has 0 aliphatic heterocycles. The molecule has 0 spiro atoms. The molecule has 0 aliphatic carbocycles. The summed E-state index contributed by atoms with van der Waals surface area (Å²) in [5.74, 6) is 0.388. The molecule has 0 saturated carbocycles. The standard InChI is InChI=1S/C11H11N7O2S/c1-6-13-16-11-18(6)17-9(21-11)4-5-12-10(20)7-2-3-8(19)15-14-7/h2-3H,4-5H2,1H3,(H,12,20)(H,15,19). The molecule has 0 unspecified atom stereocenters. The van der Waals surface area contributed by atoms with Crippen molar-refractivity contribution in [1.82, 2.24) is 35.3 Å². The van der Waals surface area contributed by atoms with E-state index in [1.165, 1.54) is 23.5 Å². The van der Waals surface area contributed by atoms with E-state index in [0.29, 0.717) is 13.0 Å². The van der Waals surface area contributed by atoms with Crippen molar-refractivity contribution in [1.29, 1.82) is 0 Å². The van der Waals surface area contributed by atoms with E-state index in [9.17, 15) is 9.59 Å². The highest BCUT2D eigenvalue weighted by atomic mass is 32.1. The van der Waals surface area contributed by atoms with Crippen molar-refractivity contribution in [2.24, 2.45) is 0 Å². The van der Waals surface area contributed by atoms with Gasteiger partial charge in [-0.25, -0.2) is 5.10 Å². The Morgan fingerprint density at radius 3 is 3.00 bits per heavy atom. The maximum absolute atomic E-state index is 11.8. The van der Waals surface area contributed by atoms with Crippen LogP contribution in [0.25, 0.3) is 4.96 Å². The number of fused-ring (bicyclic) bond motifs is 1. The molecule has 108 valence electrons. The van der Waals surface area contributed by atoms with Gasteiger partial charge >= 0.3 is 0 Å². The van der Waals surface area contributed by atoms with Crippen molar-refractivity contribution >= 4 is 22.2 Å². The van der Waals surface area contributed by atoms with Crippen LogP contribution in [0.15, 0.2) is 16.9 Å². The van der Waals surface area contributed by atoms with E-state index in [0.717, 1.165) is 15.8 Å². The molecule has 3 aromatic heterocycles. The van der Waals surface area contributed by atoms with Crippen LogP contribution in [0.1, 0.15) is 21.3 Å². The van der Waals surface area contributed by atoms with Gasteiger partial charge in [0.25, 0.3) is 11.5 Å². The van der Waals surface area contributed by atoms with Gasteiger partial charge in [0.15, 0.2) is 5.82 Å². The molecular formula is C11H11N7O2S. The Bertz CT molecular complexity index is 829. The molecule has 0 atom stereocenters. The van der Waals surface area contributed by atoms with Gasteiger partial charge in [-0.05, 0) is 13.0 Å². The third kappa shape index (κ3) is 2.79. The Hall–Kier alpha value is -2.62. The average molecular weight is 305 g/mol. The first kappa shape index (κ1) is 13.4. The normalized spacial score (nSPS) is 10.9. The lowest BCUT2D eigenvalue weighted by atomic mass is 10.3. The lowest BCUT2D eigenvalue weighted by molar-refractivity contribution is 0.0948. The summed E-state index contributed by atoms with van der Waals surface area (Å²) in [4.78, 5) is 23.4. The van der Waals surface area contributed by atoms with Crippen LogP contribution in [-0.4, -0.2) is 42.5 Å². The second-order valence-electron chi connectivity index (χ2n) is 4.25. The van der Waals surface area contributed by atoms with Gasteiger partial charge in [0, 0.05) is 19.0 Å². The molecule has 0 saturated heterocycles. The minimum atomic E-state index is -0.346. The molecule has 21 heavy (non-hydrogen) atoms. The van der Waals surface area contributed by atoms with Crippen molar-refractivity contribution in [2.45, 2.75) is 13.3 Å². The van der Waals surface area contributed by atoms with E-state index in [2.05, 4.69) is 30.8 Å². The SMILES string of the molecule is Cc1nnc2sc(CCNC(=O)c3ccc(=O)[nH]n3)nn12. The van der Waals surface area contributed by atoms with Gasteiger partial charge in [-0.1, -0.05) is 11.3 Å². The molecule has 3 heterocycles. The van der Waals surface area contributed by atoms with Gasteiger partial charge in [0.1, 0.15) is 10.7 Å². The van der Waals surface area contributed by atoms with E-state index in [1.807, 2.05) is 6.92 Å². The minimum absolute atomic E-state index is 0.170. The molecule has 0 aromatic carbocycles. The molecule has 3 rings (SSSR count). The minimum Gasteiger partial charge on any atom is -0.350 e. The molecule has 2 N–H and O–H groups in total. The average Bonchev–Trinajstić information content (AvgIpc) is 3.02. The van der Waals surface area contributed by atoms with E-state index in [1.54, 1.807) is 4.52 Å². The Kier molecular flexibility index (Phi) is 3.44. The summed E-state index contributed by atoms with van der Waals surface area (Å²) in [5, 5.41) is 21.7. The first-order valence-electron chi connectivity index (χ1n) is 6.15. The summed E-state index contributed by atoms with van der Waals surface area (Å²) >= 11 is 1.43. The Labute approximate surface area is 122 Å². The third-order valence-corrected chi connectivity index (χ3v) is 3.68. The number of carbonyl (C=O) groups excluding carboxylic acids is 1. The number of aromatic nitrogens is 6. The van der Waals surface area contributed by atoms with Gasteiger partial charge in [-0.3, -0.25) is 9.59 Å². The van der Waals surface area contributed by atoms with Crippen LogP contribution in [0.3, 0.4) is 0 Å². The van der Waals surface area contributed by atoms with Crippen LogP contribution in [0.5, 0.6) is 0 Å². The number of hydrogen-bond donors (Lipinski definition) is 2. The van der Waals surface area contributed by atoms with Gasteiger partial charge < -0.3 is 5.32 Å². The maximum atomic E-state index is 11.8. The number of carbonyl (C=O) groups is 1. The number of amides is 1. The van der Waals surface area contributed by atoms with Gasteiger partial charge in [-0.2, -0.15) is 14.7 Å². The van der Waals surface area contributed by atoms with Crippen LogP contribution >= 0.6 is 11.3 Å². The fourth-order valence-corrected chi connectivity index (χ4v) is 2.58. The molecule has 0 radical (unpaired) electrons. The van der Waals surface area contributed by atoms with E-state index in [-0.39, 0.29) is 17.2 Å². The van der Waals surface area contributed by atoms with Crippen molar-refractivity contribution in [3.8, 4) is 0 Å². The zero-order valence-corrected chi connectivity index (χ0v) is 11.8. The van der Waals surface area contributed by atoms with E-state index < -0.39 is 0 Å². The predicted octanol–water partition coefficient (Wildman–Crippen LogP) is -0.450. The number of rotatable bonds is 4. The largest absolute Gasteiger partial charge is 0.350 e. The number of H-pyrrole nitrogens is 1. The third-order valence-electron chi connectivity index (χ3n) is 2.72. The molecule has 10 heteroatoms. The second-order valence-corrected chi connectivity index (χ2v) is 5.29. The van der Waals surface area contributed by atoms with Gasteiger partial charge in [0.2, 0.25) is 4.96 Å². The lowest BCUT2D eigenvalue weighted by Crippen LogP contribution is -2.27. The highest BCUT2D eigenvalue weighted by molar-refractivity contribution is 7.16. The zero-order valence-electron chi connectivity index (χ0n) is 11.0. The summed E-state index contributed by atoms with van der Waals surface area (Å²) in [6.07, 6.45) is 0.586. The van der Waals surface area contributed by atoms with Gasteiger partial charge in [0.05, 0.1) is 0 Å².